The van der Waals surface area contributed by atoms with E-state index >= 15 is 0 Å². The number of anilines is 2. The first-order valence-electron chi connectivity index (χ1n) is 10.9. The fraction of sp³-hybridized carbons (Fsp3) is 0.542. The highest BCUT2D eigenvalue weighted by atomic mass is 31.2. The van der Waals surface area contributed by atoms with E-state index in [1.165, 1.54) is 0 Å². The summed E-state index contributed by atoms with van der Waals surface area (Å²) in [6, 6.07) is 7.08. The summed E-state index contributed by atoms with van der Waals surface area (Å²) in [5.41, 5.74) is 13.2. The fourth-order valence-corrected chi connectivity index (χ4v) is 5.94. The molecule has 0 fully saturated rings. The molecule has 7 nitrogen and oxygen atoms in total. The van der Waals surface area contributed by atoms with Crippen molar-refractivity contribution in [2.45, 2.75) is 71.9 Å². The molecule has 1 heterocycles. The molecule has 1 atom stereocenters. The van der Waals surface area contributed by atoms with E-state index in [4.69, 9.17) is 20.5 Å². The molecule has 0 radical (unpaired) electrons. The first kappa shape index (κ1) is 26.2. The number of rotatable bonds is 7. The normalized spacial score (nSPS) is 13.9. The van der Waals surface area contributed by atoms with Gasteiger partial charge in [-0.25, -0.2) is 4.98 Å². The molecule has 0 bridgehead atoms. The average molecular weight is 464 g/mol. The zero-order valence-electron chi connectivity index (χ0n) is 20.5. The van der Waals surface area contributed by atoms with Crippen molar-refractivity contribution in [3.8, 4) is 5.75 Å². The van der Waals surface area contributed by atoms with Crippen molar-refractivity contribution in [3.05, 3.63) is 46.5 Å². The molecule has 0 aliphatic rings. The lowest BCUT2D eigenvalue weighted by Crippen LogP contribution is -2.19. The summed E-state index contributed by atoms with van der Waals surface area (Å²) in [5, 5.41) is 11.2. The number of phenols is 1. The van der Waals surface area contributed by atoms with E-state index in [1.807, 2.05) is 53.7 Å². The fourth-order valence-electron chi connectivity index (χ4n) is 3.77. The number of nitrogens with zero attached hydrogens (tertiary/aromatic N) is 1. The van der Waals surface area contributed by atoms with Crippen molar-refractivity contribution in [1.29, 1.82) is 0 Å². The molecule has 1 aromatic carbocycles. The van der Waals surface area contributed by atoms with Crippen LogP contribution >= 0.6 is 7.60 Å². The minimum atomic E-state index is -3.72. The van der Waals surface area contributed by atoms with Crippen molar-refractivity contribution in [2.24, 2.45) is 0 Å². The van der Waals surface area contributed by atoms with Gasteiger partial charge >= 0.3 is 7.60 Å². The maximum Gasteiger partial charge on any atom is 0.342 e. The van der Waals surface area contributed by atoms with Crippen molar-refractivity contribution in [3.63, 3.8) is 0 Å². The van der Waals surface area contributed by atoms with Crippen molar-refractivity contribution in [1.82, 2.24) is 4.98 Å². The van der Waals surface area contributed by atoms with E-state index in [0.29, 0.717) is 11.1 Å². The highest BCUT2D eigenvalue weighted by Crippen LogP contribution is 2.65. The minimum absolute atomic E-state index is 0.164. The Hall–Kier alpha value is -2.08. The van der Waals surface area contributed by atoms with Gasteiger partial charge in [-0.15, -0.1) is 0 Å². The molecule has 0 saturated heterocycles. The molecule has 2 aromatic rings. The van der Waals surface area contributed by atoms with Crippen LogP contribution in [0.4, 0.5) is 11.6 Å². The highest BCUT2D eigenvalue weighted by molar-refractivity contribution is 7.54. The van der Waals surface area contributed by atoms with Gasteiger partial charge in [-0.2, -0.15) is 0 Å². The first-order valence-corrected chi connectivity index (χ1v) is 12.6. The molecule has 32 heavy (non-hydrogen) atoms. The maximum atomic E-state index is 14.1. The number of pyridine rings is 1. The minimum Gasteiger partial charge on any atom is -0.507 e. The SMILES string of the molecule is CCOP(=O)(OCC)C(c1cc(C(C)(C)C)c(O)c(C(C)(C)C)c1)c1ccc(N)nc1N. The van der Waals surface area contributed by atoms with Gasteiger partial charge in [-0.1, -0.05) is 59.7 Å². The molecule has 178 valence electrons. The number of benzene rings is 1. The van der Waals surface area contributed by atoms with Crippen LogP contribution in [-0.4, -0.2) is 23.3 Å². The third-order valence-corrected chi connectivity index (χ3v) is 7.72. The number of nitrogen functional groups attached to an aromatic ring is 2. The van der Waals surface area contributed by atoms with E-state index in [2.05, 4.69) is 4.98 Å². The Morgan fingerprint density at radius 1 is 0.969 bits per heavy atom. The number of nitrogens with two attached hydrogens (primary N) is 2. The topological polar surface area (TPSA) is 121 Å². The maximum absolute atomic E-state index is 14.1. The van der Waals surface area contributed by atoms with Gasteiger partial charge in [0.25, 0.3) is 0 Å². The second kappa shape index (κ2) is 9.42. The lowest BCUT2D eigenvalue weighted by atomic mass is 9.78. The van der Waals surface area contributed by atoms with Crippen molar-refractivity contribution in [2.75, 3.05) is 24.7 Å². The van der Waals surface area contributed by atoms with Crippen LogP contribution in [0.15, 0.2) is 24.3 Å². The zero-order chi connectivity index (χ0) is 24.5. The molecule has 8 heteroatoms. The van der Waals surface area contributed by atoms with E-state index in [9.17, 15) is 9.67 Å². The van der Waals surface area contributed by atoms with E-state index in [0.717, 1.165) is 11.1 Å². The van der Waals surface area contributed by atoms with Crippen molar-refractivity contribution >= 4 is 19.2 Å². The monoisotopic (exact) mass is 463 g/mol. The smallest absolute Gasteiger partial charge is 0.342 e. The predicted octanol–water partition coefficient (Wildman–Crippen LogP) is 5.90. The summed E-state index contributed by atoms with van der Waals surface area (Å²) in [5.74, 6) is 0.667. The molecule has 0 aliphatic carbocycles. The van der Waals surface area contributed by atoms with E-state index < -0.39 is 13.3 Å². The van der Waals surface area contributed by atoms with Gasteiger partial charge in [-0.05, 0) is 47.4 Å². The Morgan fingerprint density at radius 2 is 1.44 bits per heavy atom. The molecule has 1 unspecified atom stereocenters. The zero-order valence-corrected chi connectivity index (χ0v) is 21.4. The number of aromatic hydroxyl groups is 1. The molecule has 0 amide bonds. The Kier molecular flexibility index (Phi) is 7.71. The number of hydrogen-bond acceptors (Lipinski definition) is 7. The van der Waals surface area contributed by atoms with Gasteiger partial charge in [0, 0.05) is 5.56 Å². The van der Waals surface area contributed by atoms with Crippen LogP contribution in [0, 0.1) is 0 Å². The van der Waals surface area contributed by atoms with Crippen molar-refractivity contribution < 1.29 is 18.7 Å². The van der Waals surface area contributed by atoms with Gasteiger partial charge in [0.2, 0.25) is 0 Å². The molecule has 2 rings (SSSR count). The van der Waals surface area contributed by atoms with Crippen LogP contribution in [0.25, 0.3) is 0 Å². The summed E-state index contributed by atoms with van der Waals surface area (Å²) < 4.78 is 25.7. The van der Waals surface area contributed by atoms with Gasteiger partial charge in [0.05, 0.1) is 13.2 Å². The number of phenolic OH excluding ortho intramolecular Hbond substituents is 1. The van der Waals surface area contributed by atoms with Gasteiger partial charge in [0.1, 0.15) is 23.0 Å². The third kappa shape index (κ3) is 5.45. The molecule has 5 N–H and O–H groups in total. The molecular formula is C24H38N3O4P. The van der Waals surface area contributed by atoms with E-state index in [1.54, 1.807) is 26.0 Å². The Labute approximate surface area is 192 Å². The Morgan fingerprint density at radius 3 is 1.81 bits per heavy atom. The Balaban J connectivity index is 2.97. The summed E-state index contributed by atoms with van der Waals surface area (Å²) in [6.07, 6.45) is 0. The van der Waals surface area contributed by atoms with Crippen LogP contribution < -0.4 is 11.5 Å². The van der Waals surface area contributed by atoms with Crippen LogP contribution in [0.1, 0.15) is 83.3 Å². The highest BCUT2D eigenvalue weighted by Gasteiger charge is 2.41. The van der Waals surface area contributed by atoms with Crippen LogP contribution in [0.2, 0.25) is 0 Å². The molecule has 1 aromatic heterocycles. The lowest BCUT2D eigenvalue weighted by Gasteiger charge is -2.32. The predicted molar refractivity (Wildman–Crippen MR) is 131 cm³/mol. The van der Waals surface area contributed by atoms with E-state index in [-0.39, 0.29) is 41.4 Å². The second-order valence-electron chi connectivity index (χ2n) is 9.95. The third-order valence-electron chi connectivity index (χ3n) is 5.27. The van der Waals surface area contributed by atoms with Crippen LogP contribution in [0.5, 0.6) is 5.75 Å². The van der Waals surface area contributed by atoms with Gasteiger partial charge in [0.15, 0.2) is 0 Å². The van der Waals surface area contributed by atoms with Gasteiger partial charge in [-0.3, -0.25) is 4.57 Å². The Bertz CT molecular complexity index is 964. The van der Waals surface area contributed by atoms with Crippen LogP contribution in [-0.2, 0) is 24.4 Å². The van der Waals surface area contributed by atoms with Gasteiger partial charge < -0.3 is 25.6 Å². The standard InChI is InChI=1S/C24H38N3O4P/c1-9-30-32(29,31-10-2)21(16-11-12-19(25)27-22(16)26)15-13-17(23(3,4)5)20(28)18(14-15)24(6,7)8/h11-14,21,28H,9-10H2,1-8H3,(H4,25,26,27). The average Bonchev–Trinajstić information content (AvgIpc) is 2.63. The summed E-state index contributed by atoms with van der Waals surface area (Å²) in [4.78, 5) is 4.19. The summed E-state index contributed by atoms with van der Waals surface area (Å²) in [7, 11) is -3.72. The second-order valence-corrected chi connectivity index (χ2v) is 12.1. The molecular weight excluding hydrogens is 425 g/mol. The lowest BCUT2D eigenvalue weighted by molar-refractivity contribution is 0.215. The summed E-state index contributed by atoms with van der Waals surface area (Å²) >= 11 is 0. The summed E-state index contributed by atoms with van der Waals surface area (Å²) in [6.45, 7) is 16.1. The number of aromatic nitrogens is 1. The molecule has 0 saturated carbocycles. The molecule has 0 spiro atoms. The first-order chi connectivity index (χ1) is 14.7. The quantitative estimate of drug-likeness (QED) is 0.437. The van der Waals surface area contributed by atoms with Crippen LogP contribution in [0.3, 0.4) is 0 Å². The largest absolute Gasteiger partial charge is 0.507 e. The number of hydrogen-bond donors (Lipinski definition) is 3. The molecule has 0 aliphatic heterocycles.